The van der Waals surface area contributed by atoms with Gasteiger partial charge in [0.2, 0.25) is 11.8 Å². The summed E-state index contributed by atoms with van der Waals surface area (Å²) in [4.78, 5) is 45.0. The van der Waals surface area contributed by atoms with Crippen LogP contribution in [-0.4, -0.2) is 75.7 Å². The number of carbonyl (C=O) groups excluding carboxylic acids is 3. The number of likely N-dealkylation sites (tertiary alicyclic amines) is 1. The molecule has 8 heteroatoms. The van der Waals surface area contributed by atoms with E-state index < -0.39 is 41.1 Å². The zero-order valence-electron chi connectivity index (χ0n) is 22.0. The van der Waals surface area contributed by atoms with Gasteiger partial charge in [-0.1, -0.05) is 62.9 Å². The number of hydrogen-bond donors (Lipinski definition) is 1. The number of hydrogen-bond acceptors (Lipinski definition) is 6. The third kappa shape index (κ3) is 4.40. The lowest BCUT2D eigenvalue weighted by Gasteiger charge is -2.40. The third-order valence-electron chi connectivity index (χ3n) is 8.24. The summed E-state index contributed by atoms with van der Waals surface area (Å²) in [6.07, 6.45) is 4.12. The monoisotopic (exact) mass is 510 g/mol. The van der Waals surface area contributed by atoms with E-state index in [9.17, 15) is 19.5 Å². The number of nitrogens with zero attached hydrogens (tertiary/aromatic N) is 2. The Morgan fingerprint density at radius 1 is 1.24 bits per heavy atom. The zero-order valence-corrected chi connectivity index (χ0v) is 22.0. The van der Waals surface area contributed by atoms with Crippen LogP contribution < -0.4 is 0 Å². The molecule has 3 fully saturated rings. The van der Waals surface area contributed by atoms with E-state index in [1.54, 1.807) is 11.0 Å². The van der Waals surface area contributed by atoms with Crippen LogP contribution in [0.5, 0.6) is 0 Å². The van der Waals surface area contributed by atoms with Crippen LogP contribution >= 0.6 is 0 Å². The Kier molecular flexibility index (Phi) is 7.62. The van der Waals surface area contributed by atoms with Crippen molar-refractivity contribution in [1.82, 2.24) is 9.80 Å². The molecular formula is C29H38N2O6. The molecule has 2 amide bonds. The molecule has 6 atom stereocenters. The van der Waals surface area contributed by atoms with Crippen molar-refractivity contribution < 1.29 is 29.0 Å². The summed E-state index contributed by atoms with van der Waals surface area (Å²) in [5.41, 5.74) is -1.16. The van der Waals surface area contributed by atoms with E-state index in [1.165, 1.54) is 11.0 Å². The summed E-state index contributed by atoms with van der Waals surface area (Å²) in [5.74, 6) is -2.97. The highest BCUT2D eigenvalue weighted by Crippen LogP contribution is 2.64. The van der Waals surface area contributed by atoms with Crippen molar-refractivity contribution in [2.24, 2.45) is 17.8 Å². The molecule has 2 bridgehead atoms. The topological polar surface area (TPSA) is 96.4 Å². The van der Waals surface area contributed by atoms with Crippen LogP contribution in [-0.2, 0) is 30.4 Å². The number of rotatable bonds is 11. The fraction of sp³-hybridized carbons (Fsp3) is 0.552. The van der Waals surface area contributed by atoms with E-state index in [4.69, 9.17) is 9.47 Å². The van der Waals surface area contributed by atoms with Crippen molar-refractivity contribution in [2.45, 2.75) is 63.4 Å². The number of ether oxygens (including phenoxy) is 2. The van der Waals surface area contributed by atoms with Crippen LogP contribution in [0.15, 0.2) is 55.6 Å². The molecule has 3 aliphatic rings. The van der Waals surface area contributed by atoms with Gasteiger partial charge < -0.3 is 24.4 Å². The van der Waals surface area contributed by atoms with E-state index in [2.05, 4.69) is 13.2 Å². The Labute approximate surface area is 218 Å². The highest BCUT2D eigenvalue weighted by atomic mass is 16.6. The van der Waals surface area contributed by atoms with Crippen molar-refractivity contribution in [1.29, 1.82) is 0 Å². The van der Waals surface area contributed by atoms with E-state index in [0.717, 1.165) is 5.56 Å². The Bertz CT molecular complexity index is 1060. The first-order chi connectivity index (χ1) is 17.6. The lowest BCUT2D eigenvalue weighted by molar-refractivity contribution is -0.162. The van der Waals surface area contributed by atoms with Crippen molar-refractivity contribution in [3.05, 3.63) is 61.2 Å². The smallest absolute Gasteiger partial charge is 0.313 e. The van der Waals surface area contributed by atoms with Crippen molar-refractivity contribution in [3.8, 4) is 0 Å². The zero-order chi connectivity index (χ0) is 27.0. The van der Waals surface area contributed by atoms with Gasteiger partial charge in [0.25, 0.3) is 0 Å². The highest BCUT2D eigenvalue weighted by molar-refractivity contribution is 5.98. The van der Waals surface area contributed by atoms with Gasteiger partial charge in [-0.2, -0.15) is 0 Å². The first-order valence-corrected chi connectivity index (χ1v) is 13.0. The molecule has 2 unspecified atom stereocenters. The number of fused-ring (bicyclic) bond motifs is 1. The van der Waals surface area contributed by atoms with Gasteiger partial charge >= 0.3 is 5.97 Å². The second kappa shape index (κ2) is 10.4. The number of amides is 2. The minimum atomic E-state index is -1.18. The first kappa shape index (κ1) is 27.1. The SMILES string of the molecule is C=CCOC(=O)[C@H]1[C@H]2C(=O)N([C@@H](CO)C(C)C)C(C(=O)N(CC=C)Cc3ccccc3)C23CC[C@]1(C)O3. The summed E-state index contributed by atoms with van der Waals surface area (Å²) < 4.78 is 12.0. The molecule has 3 aliphatic heterocycles. The summed E-state index contributed by atoms with van der Waals surface area (Å²) in [6.45, 7) is 13.4. The lowest BCUT2D eigenvalue weighted by Crippen LogP contribution is -2.59. The molecule has 0 aromatic heterocycles. The molecular weight excluding hydrogens is 472 g/mol. The summed E-state index contributed by atoms with van der Waals surface area (Å²) >= 11 is 0. The second-order valence-electron chi connectivity index (χ2n) is 10.9. The van der Waals surface area contributed by atoms with Crippen LogP contribution in [0.4, 0.5) is 0 Å². The molecule has 200 valence electrons. The van der Waals surface area contributed by atoms with Crippen molar-refractivity contribution in [2.75, 3.05) is 19.8 Å². The van der Waals surface area contributed by atoms with E-state index >= 15 is 0 Å². The van der Waals surface area contributed by atoms with E-state index in [0.29, 0.717) is 19.4 Å². The molecule has 1 aromatic carbocycles. The number of esters is 1. The Hall–Kier alpha value is -2.97. The minimum absolute atomic E-state index is 0.0286. The molecule has 37 heavy (non-hydrogen) atoms. The van der Waals surface area contributed by atoms with Crippen molar-refractivity contribution in [3.63, 3.8) is 0 Å². The predicted molar refractivity (Wildman–Crippen MR) is 138 cm³/mol. The maximum Gasteiger partial charge on any atom is 0.313 e. The average molecular weight is 511 g/mol. The molecule has 1 N–H and O–H groups in total. The quantitative estimate of drug-likeness (QED) is 0.363. The van der Waals surface area contributed by atoms with E-state index in [1.807, 2.05) is 51.1 Å². The van der Waals surface area contributed by atoms with E-state index in [-0.39, 0.29) is 37.5 Å². The van der Waals surface area contributed by atoms with Gasteiger partial charge in [0.05, 0.1) is 24.2 Å². The third-order valence-corrected chi connectivity index (χ3v) is 8.24. The fourth-order valence-corrected chi connectivity index (χ4v) is 6.57. The molecule has 3 heterocycles. The number of aliphatic hydroxyl groups excluding tert-OH is 1. The number of aliphatic hydroxyl groups is 1. The molecule has 0 aliphatic carbocycles. The van der Waals surface area contributed by atoms with Gasteiger partial charge in [0.15, 0.2) is 0 Å². The van der Waals surface area contributed by atoms with Crippen LogP contribution in [0, 0.1) is 17.8 Å². The summed E-state index contributed by atoms with van der Waals surface area (Å²) in [6, 6.07) is 8.03. The number of benzene rings is 1. The summed E-state index contributed by atoms with van der Waals surface area (Å²) in [5, 5.41) is 10.3. The summed E-state index contributed by atoms with van der Waals surface area (Å²) in [7, 11) is 0. The molecule has 0 saturated carbocycles. The van der Waals surface area contributed by atoms with Crippen LogP contribution in [0.1, 0.15) is 39.2 Å². The van der Waals surface area contributed by atoms with Crippen LogP contribution in [0.25, 0.3) is 0 Å². The Morgan fingerprint density at radius 3 is 2.54 bits per heavy atom. The van der Waals surface area contributed by atoms with Gasteiger partial charge in [-0.3, -0.25) is 14.4 Å². The number of carbonyl (C=O) groups is 3. The normalized spacial score (nSPS) is 30.8. The second-order valence-corrected chi connectivity index (χ2v) is 10.9. The van der Waals surface area contributed by atoms with Gasteiger partial charge in [0.1, 0.15) is 24.2 Å². The Balaban J connectivity index is 1.79. The fourth-order valence-electron chi connectivity index (χ4n) is 6.57. The maximum atomic E-state index is 14.4. The highest BCUT2D eigenvalue weighted by Gasteiger charge is 2.79. The average Bonchev–Trinajstić information content (AvgIpc) is 3.44. The molecule has 0 radical (unpaired) electrons. The molecule has 3 saturated heterocycles. The standard InChI is InChI=1S/C29H38N2O6/c1-6-15-30(17-20-11-9-8-10-12-20)26(34)24-29-14-13-28(5,37-29)23(27(35)36-16-7-2)22(29)25(33)31(24)21(18-32)19(3)4/h6-12,19,21-24,32H,1-2,13-18H2,3-5H3/t21-,22-,23+,24?,28-,29?/m0/s1. The van der Waals surface area contributed by atoms with Gasteiger partial charge in [-0.15, -0.1) is 6.58 Å². The van der Waals surface area contributed by atoms with Crippen LogP contribution in [0.3, 0.4) is 0 Å². The Morgan fingerprint density at radius 2 is 1.95 bits per heavy atom. The maximum absolute atomic E-state index is 14.4. The predicted octanol–water partition coefficient (Wildman–Crippen LogP) is 2.71. The molecule has 1 aromatic rings. The largest absolute Gasteiger partial charge is 0.461 e. The van der Waals surface area contributed by atoms with Crippen LogP contribution in [0.2, 0.25) is 0 Å². The van der Waals surface area contributed by atoms with Gasteiger partial charge in [-0.25, -0.2) is 0 Å². The van der Waals surface area contributed by atoms with Gasteiger partial charge in [0, 0.05) is 13.1 Å². The van der Waals surface area contributed by atoms with Crippen molar-refractivity contribution >= 4 is 17.8 Å². The first-order valence-electron chi connectivity index (χ1n) is 13.0. The lowest BCUT2D eigenvalue weighted by atomic mass is 9.66. The molecule has 1 spiro atoms. The molecule has 8 nitrogen and oxygen atoms in total. The van der Waals surface area contributed by atoms with Gasteiger partial charge in [-0.05, 0) is 31.2 Å². The molecule has 4 rings (SSSR count). The minimum Gasteiger partial charge on any atom is -0.461 e.